The molecule has 2 aliphatic rings. The van der Waals surface area contributed by atoms with Crippen molar-refractivity contribution < 1.29 is 14.7 Å². The smallest absolute Gasteiger partial charge is 0.220 e. The second kappa shape index (κ2) is 16.2. The monoisotopic (exact) mass is 445 g/mol. The summed E-state index contributed by atoms with van der Waals surface area (Å²) in [4.78, 5) is 24.3. The average molecular weight is 446 g/mol. The number of carbonyl (C=O) groups is 2. The lowest BCUT2D eigenvalue weighted by molar-refractivity contribution is -0.121. The lowest BCUT2D eigenvalue weighted by Gasteiger charge is -2.15. The van der Waals surface area contributed by atoms with E-state index in [2.05, 4.69) is 24.4 Å². The van der Waals surface area contributed by atoms with Gasteiger partial charge in [0.05, 0.1) is 6.10 Å². The molecule has 0 spiro atoms. The SMILES string of the molecule is CCCCC[C@@H](O)C=C[C@H]1CCC(=O)[C@@H]1CCCCCCC(=O)NCCC1=CCCCC1. The first kappa shape index (κ1) is 26.8. The zero-order valence-electron chi connectivity index (χ0n) is 20.5. The molecule has 0 radical (unpaired) electrons. The van der Waals surface area contributed by atoms with Crippen molar-refractivity contribution >= 4 is 11.7 Å². The topological polar surface area (TPSA) is 66.4 Å². The van der Waals surface area contributed by atoms with Gasteiger partial charge in [0.25, 0.3) is 0 Å². The fraction of sp³-hybridized carbons (Fsp3) is 0.786. The number of unbranched alkanes of at least 4 members (excludes halogenated alkanes) is 5. The van der Waals surface area contributed by atoms with Crippen LogP contribution < -0.4 is 5.32 Å². The molecule has 182 valence electrons. The molecule has 0 bridgehead atoms. The van der Waals surface area contributed by atoms with E-state index >= 15 is 0 Å². The van der Waals surface area contributed by atoms with Crippen molar-refractivity contribution in [3.63, 3.8) is 0 Å². The van der Waals surface area contributed by atoms with Crippen LogP contribution in [0.5, 0.6) is 0 Å². The predicted molar refractivity (Wildman–Crippen MR) is 132 cm³/mol. The van der Waals surface area contributed by atoms with Crippen molar-refractivity contribution in [2.24, 2.45) is 11.8 Å². The molecule has 2 aliphatic carbocycles. The zero-order chi connectivity index (χ0) is 23.0. The van der Waals surface area contributed by atoms with Gasteiger partial charge in [-0.15, -0.1) is 0 Å². The number of hydrogen-bond acceptors (Lipinski definition) is 3. The maximum absolute atomic E-state index is 12.3. The first-order valence-corrected chi connectivity index (χ1v) is 13.4. The third-order valence-electron chi connectivity index (χ3n) is 7.16. The summed E-state index contributed by atoms with van der Waals surface area (Å²) in [6, 6.07) is 0. The summed E-state index contributed by atoms with van der Waals surface area (Å²) in [5.74, 6) is 1.00. The Morgan fingerprint density at radius 1 is 1.16 bits per heavy atom. The molecule has 0 aromatic heterocycles. The number of ketones is 1. The van der Waals surface area contributed by atoms with Crippen LogP contribution >= 0.6 is 0 Å². The van der Waals surface area contributed by atoms with Crippen LogP contribution in [0.1, 0.15) is 116 Å². The van der Waals surface area contributed by atoms with E-state index in [0.29, 0.717) is 24.5 Å². The van der Waals surface area contributed by atoms with Gasteiger partial charge in [-0.2, -0.15) is 0 Å². The summed E-state index contributed by atoms with van der Waals surface area (Å²) in [5.41, 5.74) is 1.51. The van der Waals surface area contributed by atoms with E-state index in [4.69, 9.17) is 0 Å². The lowest BCUT2D eigenvalue weighted by atomic mass is 9.89. The first-order chi connectivity index (χ1) is 15.6. The minimum absolute atomic E-state index is 0.131. The molecule has 0 aromatic rings. The molecule has 2 N–H and O–H groups in total. The normalized spacial score (nSPS) is 22.3. The van der Waals surface area contributed by atoms with E-state index in [1.165, 1.54) is 37.7 Å². The van der Waals surface area contributed by atoms with Gasteiger partial charge >= 0.3 is 0 Å². The fourth-order valence-electron chi connectivity index (χ4n) is 5.10. The number of amides is 1. The molecule has 4 heteroatoms. The third-order valence-corrected chi connectivity index (χ3v) is 7.16. The van der Waals surface area contributed by atoms with Gasteiger partial charge < -0.3 is 10.4 Å². The van der Waals surface area contributed by atoms with Crippen molar-refractivity contribution in [3.8, 4) is 0 Å². The molecule has 4 nitrogen and oxygen atoms in total. The quantitative estimate of drug-likeness (QED) is 0.213. The standard InChI is InChI=1S/C28H47NO3/c1-2-3-7-14-25(30)19-17-24-18-20-27(31)26(24)15-10-4-5-11-16-28(32)29-22-21-23-12-8-6-9-13-23/h12,17,19,24-26,30H,2-11,13-16,18,20-22H2,1H3,(H,29,32)/t24-,25+,26+/m0/s1. The Morgan fingerprint density at radius 2 is 2.00 bits per heavy atom. The van der Waals surface area contributed by atoms with Crippen LogP contribution in [0, 0.1) is 11.8 Å². The third kappa shape index (κ3) is 10.9. The highest BCUT2D eigenvalue weighted by Crippen LogP contribution is 2.34. The number of hydrogen-bond donors (Lipinski definition) is 2. The van der Waals surface area contributed by atoms with E-state index in [0.717, 1.165) is 70.8 Å². The Kier molecular flexibility index (Phi) is 13.6. The summed E-state index contributed by atoms with van der Waals surface area (Å²) in [7, 11) is 0. The molecule has 0 unspecified atom stereocenters. The number of nitrogens with one attached hydrogen (secondary N) is 1. The van der Waals surface area contributed by atoms with Crippen LogP contribution in [0.3, 0.4) is 0 Å². The largest absolute Gasteiger partial charge is 0.389 e. The molecule has 0 saturated heterocycles. The van der Waals surface area contributed by atoms with Crippen LogP contribution in [0.15, 0.2) is 23.8 Å². The van der Waals surface area contributed by atoms with E-state index in [-0.39, 0.29) is 17.9 Å². The van der Waals surface area contributed by atoms with Crippen molar-refractivity contribution in [2.45, 2.75) is 122 Å². The molecular formula is C28H47NO3. The summed E-state index contributed by atoms with van der Waals surface area (Å²) >= 11 is 0. The second-order valence-electron chi connectivity index (χ2n) is 9.88. The summed E-state index contributed by atoms with van der Waals surface area (Å²) < 4.78 is 0. The van der Waals surface area contributed by atoms with Gasteiger partial charge in [-0.3, -0.25) is 9.59 Å². The maximum atomic E-state index is 12.3. The second-order valence-corrected chi connectivity index (χ2v) is 9.88. The minimum Gasteiger partial charge on any atom is -0.389 e. The first-order valence-electron chi connectivity index (χ1n) is 13.4. The molecule has 0 aliphatic heterocycles. The van der Waals surface area contributed by atoms with Gasteiger partial charge in [0.2, 0.25) is 5.91 Å². The summed E-state index contributed by atoms with van der Waals surface area (Å²) in [6.45, 7) is 2.94. The van der Waals surface area contributed by atoms with E-state index in [9.17, 15) is 14.7 Å². The average Bonchev–Trinajstić information content (AvgIpc) is 3.15. The van der Waals surface area contributed by atoms with Crippen molar-refractivity contribution in [2.75, 3.05) is 6.54 Å². The Balaban J connectivity index is 1.53. The van der Waals surface area contributed by atoms with Gasteiger partial charge in [-0.1, -0.05) is 69.2 Å². The fourth-order valence-corrected chi connectivity index (χ4v) is 5.10. The molecule has 32 heavy (non-hydrogen) atoms. The zero-order valence-corrected chi connectivity index (χ0v) is 20.5. The highest BCUT2D eigenvalue weighted by molar-refractivity contribution is 5.83. The van der Waals surface area contributed by atoms with Gasteiger partial charge in [0.15, 0.2) is 0 Å². The van der Waals surface area contributed by atoms with E-state index < -0.39 is 0 Å². The van der Waals surface area contributed by atoms with E-state index in [1.54, 1.807) is 0 Å². The summed E-state index contributed by atoms with van der Waals surface area (Å²) in [6.07, 6.45) is 23.5. The van der Waals surface area contributed by atoms with Crippen LogP contribution in [0.4, 0.5) is 0 Å². The number of carbonyl (C=O) groups excluding carboxylic acids is 2. The van der Waals surface area contributed by atoms with Crippen molar-refractivity contribution in [1.82, 2.24) is 5.32 Å². The molecule has 1 fully saturated rings. The number of rotatable bonds is 16. The van der Waals surface area contributed by atoms with Crippen LogP contribution in [-0.2, 0) is 9.59 Å². The molecule has 1 saturated carbocycles. The number of Topliss-reactive ketones (excluding diaryl/α,β-unsaturated/α-hetero) is 1. The molecule has 0 aromatic carbocycles. The van der Waals surface area contributed by atoms with Gasteiger partial charge in [0.1, 0.15) is 5.78 Å². The molecular weight excluding hydrogens is 398 g/mol. The molecule has 2 rings (SSSR count). The Hall–Kier alpha value is -1.42. The maximum Gasteiger partial charge on any atom is 0.220 e. The lowest BCUT2D eigenvalue weighted by Crippen LogP contribution is -2.24. The molecule has 1 amide bonds. The highest BCUT2D eigenvalue weighted by atomic mass is 16.3. The van der Waals surface area contributed by atoms with E-state index in [1.807, 2.05) is 6.08 Å². The van der Waals surface area contributed by atoms with Crippen molar-refractivity contribution in [3.05, 3.63) is 23.8 Å². The number of allylic oxidation sites excluding steroid dienone is 2. The van der Waals surface area contributed by atoms with Gasteiger partial charge in [-0.05, 0) is 63.7 Å². The number of aliphatic hydroxyl groups excluding tert-OH is 1. The Morgan fingerprint density at radius 3 is 2.78 bits per heavy atom. The Bertz CT molecular complexity index is 610. The minimum atomic E-state index is -0.372. The van der Waals surface area contributed by atoms with Crippen LogP contribution in [0.25, 0.3) is 0 Å². The van der Waals surface area contributed by atoms with Crippen LogP contribution in [-0.4, -0.2) is 29.4 Å². The van der Waals surface area contributed by atoms with Gasteiger partial charge in [0, 0.05) is 25.3 Å². The molecule has 0 heterocycles. The summed E-state index contributed by atoms with van der Waals surface area (Å²) in [5, 5.41) is 13.2. The highest BCUT2D eigenvalue weighted by Gasteiger charge is 2.32. The van der Waals surface area contributed by atoms with Crippen LogP contribution in [0.2, 0.25) is 0 Å². The molecule has 3 atom stereocenters. The van der Waals surface area contributed by atoms with Crippen molar-refractivity contribution in [1.29, 1.82) is 0 Å². The Labute approximate surface area is 196 Å². The predicted octanol–water partition coefficient (Wildman–Crippen LogP) is 6.43. The number of aliphatic hydroxyl groups is 1. The van der Waals surface area contributed by atoms with Gasteiger partial charge in [-0.25, -0.2) is 0 Å².